The minimum absolute atomic E-state index is 0.308. The molecular weight excluding hydrogens is 350 g/mol. The maximum Gasteiger partial charge on any atom is 0.242 e. The zero-order valence-electron chi connectivity index (χ0n) is 16.3. The number of methoxy groups -OCH3 is 1. The van der Waals surface area contributed by atoms with Crippen LogP contribution in [0.25, 0.3) is 5.69 Å². The zero-order valence-corrected chi connectivity index (χ0v) is 16.3. The molecule has 0 bridgehead atoms. The van der Waals surface area contributed by atoms with Crippen molar-refractivity contribution in [2.24, 2.45) is 5.92 Å². The third-order valence-electron chi connectivity index (χ3n) is 4.80. The van der Waals surface area contributed by atoms with Crippen LogP contribution in [0.1, 0.15) is 17.0 Å². The lowest BCUT2D eigenvalue weighted by Crippen LogP contribution is -2.23. The van der Waals surface area contributed by atoms with E-state index in [1.807, 2.05) is 50.2 Å². The molecular formula is C23H23N3O2. The third kappa shape index (κ3) is 4.07. The van der Waals surface area contributed by atoms with Crippen LogP contribution in [0.15, 0.2) is 60.7 Å². The summed E-state index contributed by atoms with van der Waals surface area (Å²) in [5.74, 6) is -0.368. The standard InChI is InChI=1S/C23H23N3O2/c1-16-13-18(17(2)26(16)21-7-5-4-6-8-21)14-19(15-24)23(27)25-20-9-11-22(28-3)12-10-20/h4-13,19H,14H2,1-3H3,(H,25,27). The van der Waals surface area contributed by atoms with Crippen molar-refractivity contribution in [3.63, 3.8) is 0 Å². The largest absolute Gasteiger partial charge is 0.497 e. The van der Waals surface area contributed by atoms with Gasteiger partial charge in [-0.1, -0.05) is 18.2 Å². The van der Waals surface area contributed by atoms with E-state index in [0.29, 0.717) is 17.9 Å². The SMILES string of the molecule is COc1ccc(NC(=O)C(C#N)Cc2cc(C)n(-c3ccccc3)c2C)cc1. The lowest BCUT2D eigenvalue weighted by molar-refractivity contribution is -0.118. The third-order valence-corrected chi connectivity index (χ3v) is 4.80. The number of rotatable bonds is 6. The summed E-state index contributed by atoms with van der Waals surface area (Å²) < 4.78 is 7.26. The molecule has 3 rings (SSSR count). The summed E-state index contributed by atoms with van der Waals surface area (Å²) in [6.45, 7) is 4.05. The van der Waals surface area contributed by atoms with Crippen molar-refractivity contribution in [1.82, 2.24) is 4.57 Å². The quantitative estimate of drug-likeness (QED) is 0.695. The molecule has 0 aliphatic heterocycles. The number of hydrogen-bond donors (Lipinski definition) is 1. The van der Waals surface area contributed by atoms with E-state index in [-0.39, 0.29) is 5.91 Å². The number of hydrogen-bond acceptors (Lipinski definition) is 3. The van der Waals surface area contributed by atoms with Crippen molar-refractivity contribution in [3.05, 3.63) is 77.6 Å². The predicted octanol–water partition coefficient (Wildman–Crippen LogP) is 4.42. The van der Waals surface area contributed by atoms with Crippen molar-refractivity contribution < 1.29 is 9.53 Å². The summed E-state index contributed by atoms with van der Waals surface area (Å²) in [5.41, 5.74) is 4.82. The Kier molecular flexibility index (Phi) is 5.81. The Bertz CT molecular complexity index is 999. The first-order valence-electron chi connectivity index (χ1n) is 9.11. The lowest BCUT2D eigenvalue weighted by Gasteiger charge is -2.12. The molecule has 1 heterocycles. The second-order valence-electron chi connectivity index (χ2n) is 6.67. The summed E-state index contributed by atoms with van der Waals surface area (Å²) in [7, 11) is 1.59. The summed E-state index contributed by atoms with van der Waals surface area (Å²) in [5, 5.41) is 12.4. The maximum atomic E-state index is 12.6. The van der Waals surface area contributed by atoms with Crippen molar-refractivity contribution in [2.75, 3.05) is 12.4 Å². The number of carbonyl (C=O) groups is 1. The van der Waals surface area contributed by atoms with Gasteiger partial charge in [0, 0.05) is 22.8 Å². The molecule has 28 heavy (non-hydrogen) atoms. The van der Waals surface area contributed by atoms with Gasteiger partial charge in [0.05, 0.1) is 13.2 Å². The van der Waals surface area contributed by atoms with E-state index in [9.17, 15) is 10.1 Å². The Morgan fingerprint density at radius 3 is 2.43 bits per heavy atom. The molecule has 1 atom stereocenters. The number of aryl methyl sites for hydroxylation is 1. The fourth-order valence-electron chi connectivity index (χ4n) is 3.33. The van der Waals surface area contributed by atoms with Gasteiger partial charge in [-0.15, -0.1) is 0 Å². The maximum absolute atomic E-state index is 12.6. The molecule has 142 valence electrons. The van der Waals surface area contributed by atoms with Gasteiger partial charge < -0.3 is 14.6 Å². The van der Waals surface area contributed by atoms with Gasteiger partial charge in [0.2, 0.25) is 5.91 Å². The van der Waals surface area contributed by atoms with Gasteiger partial charge in [-0.25, -0.2) is 0 Å². The van der Waals surface area contributed by atoms with Gasteiger partial charge in [0.1, 0.15) is 11.7 Å². The van der Waals surface area contributed by atoms with E-state index in [1.165, 1.54) is 0 Å². The highest BCUT2D eigenvalue weighted by molar-refractivity contribution is 5.94. The first-order chi connectivity index (χ1) is 13.5. The predicted molar refractivity (Wildman–Crippen MR) is 110 cm³/mol. The molecule has 1 N–H and O–H groups in total. The summed E-state index contributed by atoms with van der Waals surface area (Å²) in [4.78, 5) is 12.6. The molecule has 0 radical (unpaired) electrons. The summed E-state index contributed by atoms with van der Waals surface area (Å²) in [6, 6.07) is 21.3. The molecule has 0 saturated heterocycles. The molecule has 1 amide bonds. The number of nitrogens with one attached hydrogen (secondary N) is 1. The van der Waals surface area contributed by atoms with Crippen molar-refractivity contribution in [1.29, 1.82) is 5.26 Å². The van der Waals surface area contributed by atoms with Gasteiger partial charge in [0.15, 0.2) is 0 Å². The smallest absolute Gasteiger partial charge is 0.242 e. The van der Waals surface area contributed by atoms with Gasteiger partial charge in [-0.2, -0.15) is 5.26 Å². The van der Waals surface area contributed by atoms with Crippen LogP contribution < -0.4 is 10.1 Å². The molecule has 0 aliphatic carbocycles. The number of aromatic nitrogens is 1. The number of nitriles is 1. The van der Waals surface area contributed by atoms with Crippen LogP contribution in [0.3, 0.4) is 0 Å². The monoisotopic (exact) mass is 373 g/mol. The number of benzene rings is 2. The van der Waals surface area contributed by atoms with Crippen LogP contribution in [0.4, 0.5) is 5.69 Å². The molecule has 0 aliphatic rings. The molecule has 1 aromatic heterocycles. The Morgan fingerprint density at radius 1 is 1.14 bits per heavy atom. The molecule has 0 fully saturated rings. The highest BCUT2D eigenvalue weighted by atomic mass is 16.5. The van der Waals surface area contributed by atoms with Crippen LogP contribution in [0.5, 0.6) is 5.75 Å². The van der Waals surface area contributed by atoms with Crippen LogP contribution in [-0.2, 0) is 11.2 Å². The van der Waals surface area contributed by atoms with E-state index in [0.717, 1.165) is 22.6 Å². The first-order valence-corrected chi connectivity index (χ1v) is 9.11. The Balaban J connectivity index is 1.77. The average molecular weight is 373 g/mol. The van der Waals surface area contributed by atoms with Gasteiger partial charge >= 0.3 is 0 Å². The average Bonchev–Trinajstić information content (AvgIpc) is 3.00. The number of anilines is 1. The van der Waals surface area contributed by atoms with E-state index in [2.05, 4.69) is 16.0 Å². The topological polar surface area (TPSA) is 67.0 Å². The highest BCUT2D eigenvalue weighted by Gasteiger charge is 2.22. The first kappa shape index (κ1) is 19.2. The minimum Gasteiger partial charge on any atom is -0.497 e. The molecule has 0 spiro atoms. The highest BCUT2D eigenvalue weighted by Crippen LogP contribution is 2.24. The second-order valence-corrected chi connectivity index (χ2v) is 6.67. The lowest BCUT2D eigenvalue weighted by atomic mass is 10.00. The van der Waals surface area contributed by atoms with Gasteiger partial charge in [0.25, 0.3) is 0 Å². The molecule has 5 nitrogen and oxygen atoms in total. The Hall–Kier alpha value is -3.52. The number of carbonyl (C=O) groups excluding carboxylic acids is 1. The van der Waals surface area contributed by atoms with Gasteiger partial charge in [-0.05, 0) is 68.3 Å². The van der Waals surface area contributed by atoms with Crippen molar-refractivity contribution in [2.45, 2.75) is 20.3 Å². The van der Waals surface area contributed by atoms with Crippen molar-refractivity contribution >= 4 is 11.6 Å². The Morgan fingerprint density at radius 2 is 1.82 bits per heavy atom. The van der Waals surface area contributed by atoms with E-state index in [1.54, 1.807) is 31.4 Å². The molecule has 0 saturated carbocycles. The molecule has 5 heteroatoms. The van der Waals surface area contributed by atoms with E-state index < -0.39 is 5.92 Å². The fourth-order valence-corrected chi connectivity index (χ4v) is 3.33. The van der Waals surface area contributed by atoms with Crippen molar-refractivity contribution in [3.8, 4) is 17.5 Å². The number of para-hydroxylation sites is 1. The van der Waals surface area contributed by atoms with Crippen LogP contribution >= 0.6 is 0 Å². The number of nitrogens with zero attached hydrogens (tertiary/aromatic N) is 2. The fraction of sp³-hybridized carbons (Fsp3) is 0.217. The second kappa shape index (κ2) is 8.45. The molecule has 1 unspecified atom stereocenters. The minimum atomic E-state index is -0.771. The van der Waals surface area contributed by atoms with Crippen LogP contribution in [0, 0.1) is 31.1 Å². The van der Waals surface area contributed by atoms with Crippen LogP contribution in [-0.4, -0.2) is 17.6 Å². The van der Waals surface area contributed by atoms with E-state index >= 15 is 0 Å². The Labute approximate surface area is 165 Å². The molecule has 2 aromatic carbocycles. The summed E-state index contributed by atoms with van der Waals surface area (Å²) >= 11 is 0. The molecule has 3 aromatic rings. The zero-order chi connectivity index (χ0) is 20.1. The summed E-state index contributed by atoms with van der Waals surface area (Å²) in [6.07, 6.45) is 0.366. The number of amides is 1. The van der Waals surface area contributed by atoms with E-state index in [4.69, 9.17) is 4.74 Å². The number of ether oxygens (including phenoxy) is 1. The normalized spacial score (nSPS) is 11.5. The van der Waals surface area contributed by atoms with Gasteiger partial charge in [-0.3, -0.25) is 4.79 Å². The van der Waals surface area contributed by atoms with Crippen LogP contribution in [0.2, 0.25) is 0 Å².